The van der Waals surface area contributed by atoms with Gasteiger partial charge in [0.2, 0.25) is 5.91 Å². The second-order valence-electron chi connectivity index (χ2n) is 4.65. The van der Waals surface area contributed by atoms with Crippen LogP contribution in [0.4, 0.5) is 10.1 Å². The summed E-state index contributed by atoms with van der Waals surface area (Å²) >= 11 is 0. The second kappa shape index (κ2) is 4.73. The summed E-state index contributed by atoms with van der Waals surface area (Å²) in [7, 11) is 0. The number of nitrogens with zero attached hydrogens (tertiary/aromatic N) is 1. The number of likely N-dealkylation sites (tertiary alicyclic amines) is 1. The van der Waals surface area contributed by atoms with Crippen LogP contribution in [-0.2, 0) is 11.3 Å². The summed E-state index contributed by atoms with van der Waals surface area (Å²) in [5.74, 6) is 0.242. The summed E-state index contributed by atoms with van der Waals surface area (Å²) in [6, 6.07) is 4.43. The number of rotatable bonds is 3. The minimum atomic E-state index is -0.348. The van der Waals surface area contributed by atoms with Crippen molar-refractivity contribution in [1.82, 2.24) is 4.90 Å². The molecule has 1 saturated heterocycles. The molecule has 3 nitrogen and oxygen atoms in total. The standard InChI is InChI=1S/C13H17FN2O/c1-2-9-5-13(17)16(7-9)8-10-3-11(14)6-12(15)4-10/h3-4,6,9H,2,5,7-8,15H2,1H3. The Morgan fingerprint density at radius 2 is 2.24 bits per heavy atom. The maximum atomic E-state index is 13.2. The monoisotopic (exact) mass is 236 g/mol. The lowest BCUT2D eigenvalue weighted by Gasteiger charge is -2.16. The number of benzene rings is 1. The highest BCUT2D eigenvalue weighted by molar-refractivity contribution is 5.78. The fraction of sp³-hybridized carbons (Fsp3) is 0.462. The van der Waals surface area contributed by atoms with Crippen molar-refractivity contribution in [1.29, 1.82) is 0 Å². The van der Waals surface area contributed by atoms with Gasteiger partial charge in [-0.15, -0.1) is 0 Å². The predicted octanol–water partition coefficient (Wildman–Crippen LogP) is 2.17. The van der Waals surface area contributed by atoms with Gasteiger partial charge in [0.1, 0.15) is 5.82 Å². The van der Waals surface area contributed by atoms with Crippen molar-refractivity contribution < 1.29 is 9.18 Å². The minimum Gasteiger partial charge on any atom is -0.399 e. The number of carbonyl (C=O) groups excluding carboxylic acids is 1. The van der Waals surface area contributed by atoms with Gasteiger partial charge in [-0.3, -0.25) is 4.79 Å². The third kappa shape index (κ3) is 2.75. The lowest BCUT2D eigenvalue weighted by Crippen LogP contribution is -2.24. The average Bonchev–Trinajstić information content (AvgIpc) is 2.58. The van der Waals surface area contributed by atoms with Crippen molar-refractivity contribution in [3.63, 3.8) is 0 Å². The first-order valence-corrected chi connectivity index (χ1v) is 5.91. The van der Waals surface area contributed by atoms with E-state index in [9.17, 15) is 9.18 Å². The van der Waals surface area contributed by atoms with E-state index in [-0.39, 0.29) is 11.7 Å². The summed E-state index contributed by atoms with van der Waals surface area (Å²) in [6.45, 7) is 3.31. The lowest BCUT2D eigenvalue weighted by molar-refractivity contribution is -0.128. The van der Waals surface area contributed by atoms with Crippen LogP contribution in [0, 0.1) is 11.7 Å². The van der Waals surface area contributed by atoms with Crippen molar-refractivity contribution in [2.24, 2.45) is 5.92 Å². The Hall–Kier alpha value is -1.58. The summed E-state index contributed by atoms with van der Waals surface area (Å²) in [5, 5.41) is 0. The maximum absolute atomic E-state index is 13.2. The number of carbonyl (C=O) groups is 1. The molecule has 2 rings (SSSR count). The molecule has 1 heterocycles. The maximum Gasteiger partial charge on any atom is 0.223 e. The first-order valence-electron chi connectivity index (χ1n) is 5.91. The van der Waals surface area contributed by atoms with E-state index in [1.54, 1.807) is 11.0 Å². The first-order chi connectivity index (χ1) is 8.08. The van der Waals surface area contributed by atoms with Gasteiger partial charge in [0.15, 0.2) is 0 Å². The molecule has 1 unspecified atom stereocenters. The Morgan fingerprint density at radius 3 is 2.82 bits per heavy atom. The van der Waals surface area contributed by atoms with Gasteiger partial charge in [0, 0.05) is 25.2 Å². The molecule has 0 aromatic heterocycles. The molecular formula is C13H17FN2O. The van der Waals surface area contributed by atoms with Crippen molar-refractivity contribution >= 4 is 11.6 Å². The molecule has 0 spiro atoms. The fourth-order valence-electron chi connectivity index (χ4n) is 2.27. The van der Waals surface area contributed by atoms with Crippen LogP contribution in [0.1, 0.15) is 25.3 Å². The van der Waals surface area contributed by atoms with Crippen molar-refractivity contribution in [2.45, 2.75) is 26.3 Å². The van der Waals surface area contributed by atoms with E-state index in [0.29, 0.717) is 24.6 Å². The van der Waals surface area contributed by atoms with Crippen LogP contribution >= 0.6 is 0 Å². The zero-order valence-electron chi connectivity index (χ0n) is 9.95. The Balaban J connectivity index is 2.08. The average molecular weight is 236 g/mol. The highest BCUT2D eigenvalue weighted by Crippen LogP contribution is 2.23. The van der Waals surface area contributed by atoms with Crippen molar-refractivity contribution in [3.8, 4) is 0 Å². The molecule has 1 aliphatic heterocycles. The normalized spacial score (nSPS) is 20.0. The molecule has 0 aliphatic carbocycles. The quantitative estimate of drug-likeness (QED) is 0.817. The third-order valence-corrected chi connectivity index (χ3v) is 3.23. The van der Waals surface area contributed by atoms with E-state index in [0.717, 1.165) is 18.5 Å². The molecule has 2 N–H and O–H groups in total. The Morgan fingerprint density at radius 1 is 1.47 bits per heavy atom. The summed E-state index contributed by atoms with van der Waals surface area (Å²) < 4.78 is 13.2. The van der Waals surface area contributed by atoms with Crippen LogP contribution in [0.5, 0.6) is 0 Å². The van der Waals surface area contributed by atoms with Gasteiger partial charge < -0.3 is 10.6 Å². The predicted molar refractivity (Wildman–Crippen MR) is 64.6 cm³/mol. The molecule has 1 atom stereocenters. The van der Waals surface area contributed by atoms with Crippen LogP contribution < -0.4 is 5.73 Å². The Kier molecular flexibility index (Phi) is 3.31. The highest BCUT2D eigenvalue weighted by atomic mass is 19.1. The van der Waals surface area contributed by atoms with E-state index < -0.39 is 0 Å². The summed E-state index contributed by atoms with van der Waals surface area (Å²) in [6.07, 6.45) is 1.62. The molecule has 1 aromatic rings. The van der Waals surface area contributed by atoms with E-state index in [1.807, 2.05) is 0 Å². The van der Waals surface area contributed by atoms with Crippen LogP contribution in [-0.4, -0.2) is 17.4 Å². The smallest absolute Gasteiger partial charge is 0.223 e. The topological polar surface area (TPSA) is 46.3 Å². The van der Waals surface area contributed by atoms with Gasteiger partial charge in [-0.2, -0.15) is 0 Å². The van der Waals surface area contributed by atoms with E-state index in [2.05, 4.69) is 6.92 Å². The second-order valence-corrected chi connectivity index (χ2v) is 4.65. The zero-order valence-corrected chi connectivity index (χ0v) is 9.95. The van der Waals surface area contributed by atoms with Crippen LogP contribution in [0.2, 0.25) is 0 Å². The molecule has 0 saturated carbocycles. The Bertz CT molecular complexity index is 413. The molecule has 0 bridgehead atoms. The van der Waals surface area contributed by atoms with Gasteiger partial charge in [-0.25, -0.2) is 4.39 Å². The van der Waals surface area contributed by atoms with Gasteiger partial charge in [0.25, 0.3) is 0 Å². The number of nitrogens with two attached hydrogens (primary N) is 1. The molecule has 1 aromatic carbocycles. The SMILES string of the molecule is CCC1CC(=O)N(Cc2cc(N)cc(F)c2)C1. The molecule has 1 amide bonds. The lowest BCUT2D eigenvalue weighted by atomic mass is 10.1. The third-order valence-electron chi connectivity index (χ3n) is 3.23. The molecule has 17 heavy (non-hydrogen) atoms. The zero-order chi connectivity index (χ0) is 12.4. The molecule has 1 aliphatic rings. The molecule has 4 heteroatoms. The van der Waals surface area contributed by atoms with Crippen LogP contribution in [0.15, 0.2) is 18.2 Å². The first kappa shape index (κ1) is 11.9. The molecule has 1 fully saturated rings. The number of hydrogen-bond acceptors (Lipinski definition) is 2. The van der Waals surface area contributed by atoms with Gasteiger partial charge >= 0.3 is 0 Å². The number of nitrogen functional groups attached to an aromatic ring is 1. The highest BCUT2D eigenvalue weighted by Gasteiger charge is 2.28. The molecule has 92 valence electrons. The van der Waals surface area contributed by atoms with Gasteiger partial charge in [-0.1, -0.05) is 13.3 Å². The largest absolute Gasteiger partial charge is 0.399 e. The molecular weight excluding hydrogens is 219 g/mol. The fourth-order valence-corrected chi connectivity index (χ4v) is 2.27. The van der Waals surface area contributed by atoms with Gasteiger partial charge in [0.05, 0.1) is 0 Å². The number of amides is 1. The van der Waals surface area contributed by atoms with E-state index in [1.165, 1.54) is 12.1 Å². The molecule has 0 radical (unpaired) electrons. The van der Waals surface area contributed by atoms with Crippen LogP contribution in [0.25, 0.3) is 0 Å². The summed E-state index contributed by atoms with van der Waals surface area (Å²) in [4.78, 5) is 13.5. The summed E-state index contributed by atoms with van der Waals surface area (Å²) in [5.41, 5.74) is 6.74. The van der Waals surface area contributed by atoms with E-state index in [4.69, 9.17) is 5.73 Å². The van der Waals surface area contributed by atoms with Gasteiger partial charge in [-0.05, 0) is 29.7 Å². The van der Waals surface area contributed by atoms with E-state index >= 15 is 0 Å². The number of hydrogen-bond donors (Lipinski definition) is 1. The van der Waals surface area contributed by atoms with Crippen molar-refractivity contribution in [2.75, 3.05) is 12.3 Å². The van der Waals surface area contributed by atoms with Crippen LogP contribution in [0.3, 0.4) is 0 Å². The number of halogens is 1. The van der Waals surface area contributed by atoms with Crippen molar-refractivity contribution in [3.05, 3.63) is 29.6 Å². The minimum absolute atomic E-state index is 0.152. The Labute approximate surface area is 100 Å². The number of anilines is 1.